The number of nitrogens with one attached hydrogen (secondary N) is 1. The van der Waals surface area contributed by atoms with Crippen LogP contribution < -0.4 is 10.1 Å². The van der Waals surface area contributed by atoms with Gasteiger partial charge in [-0.3, -0.25) is 0 Å². The molecule has 0 aliphatic carbocycles. The average Bonchev–Trinajstić information content (AvgIpc) is 2.09. The van der Waals surface area contributed by atoms with E-state index in [2.05, 4.69) is 21.2 Å². The van der Waals surface area contributed by atoms with Gasteiger partial charge in [0.25, 0.3) is 0 Å². The van der Waals surface area contributed by atoms with Crippen LogP contribution in [-0.4, -0.2) is 12.1 Å². The van der Waals surface area contributed by atoms with Gasteiger partial charge in [-0.05, 0) is 31.2 Å². The lowest BCUT2D eigenvalue weighted by Crippen LogP contribution is -1.94. The normalized spacial score (nSPS) is 9.50. The molecule has 0 radical (unpaired) electrons. The molecule has 0 amide bonds. The number of benzene rings is 1. The Morgan fingerprint density at radius 1 is 1.33 bits per heavy atom. The van der Waals surface area contributed by atoms with Crippen molar-refractivity contribution in [2.45, 2.75) is 6.92 Å². The van der Waals surface area contributed by atoms with E-state index in [1.165, 1.54) is 0 Å². The van der Waals surface area contributed by atoms with Crippen molar-refractivity contribution >= 4 is 21.6 Å². The van der Waals surface area contributed by atoms with Gasteiger partial charge in [0.15, 0.2) is 0 Å². The molecule has 0 aliphatic rings. The van der Waals surface area contributed by atoms with Gasteiger partial charge >= 0.3 is 0 Å². The van der Waals surface area contributed by atoms with Crippen LogP contribution in [0, 0.1) is 0 Å². The summed E-state index contributed by atoms with van der Waals surface area (Å²) in [5.41, 5.74) is 1.86. The van der Waals surface area contributed by atoms with Gasteiger partial charge < -0.3 is 10.1 Å². The van der Waals surface area contributed by atoms with Crippen LogP contribution in [0.15, 0.2) is 24.3 Å². The van der Waals surface area contributed by atoms with E-state index < -0.39 is 0 Å². The summed E-state index contributed by atoms with van der Waals surface area (Å²) >= 11 is 3.29. The summed E-state index contributed by atoms with van der Waals surface area (Å²) in [6, 6.07) is 7.89. The Balaban J connectivity index is 2.58. The Labute approximate surface area is 81.1 Å². The van der Waals surface area contributed by atoms with Gasteiger partial charge in [0.1, 0.15) is 5.75 Å². The molecule has 0 spiro atoms. The third-order valence-electron chi connectivity index (χ3n) is 1.44. The first-order valence-corrected chi connectivity index (χ1v) is 5.01. The van der Waals surface area contributed by atoms with Crippen LogP contribution in [0.4, 0.5) is 5.69 Å². The highest BCUT2D eigenvalue weighted by molar-refractivity contribution is 9.09. The third-order valence-corrected chi connectivity index (χ3v) is 1.72. The molecular weight excluding hydrogens is 218 g/mol. The minimum atomic E-state index is 0.714. The van der Waals surface area contributed by atoms with Crippen molar-refractivity contribution in [3.05, 3.63) is 24.3 Å². The lowest BCUT2D eigenvalue weighted by atomic mass is 10.3. The standard InChI is InChI=1S/C9H12BrNO/c1-2-12-9-5-3-8(4-6-9)11-7-10/h3-6,11H,2,7H2,1H3. The molecule has 1 aromatic rings. The van der Waals surface area contributed by atoms with E-state index in [0.717, 1.165) is 16.9 Å². The number of rotatable bonds is 4. The van der Waals surface area contributed by atoms with Crippen molar-refractivity contribution in [3.63, 3.8) is 0 Å². The molecule has 0 atom stereocenters. The fraction of sp³-hybridized carbons (Fsp3) is 0.333. The predicted octanol–water partition coefficient (Wildman–Crippen LogP) is 2.85. The van der Waals surface area contributed by atoms with Crippen molar-refractivity contribution in [2.75, 3.05) is 17.4 Å². The molecule has 12 heavy (non-hydrogen) atoms. The van der Waals surface area contributed by atoms with Crippen molar-refractivity contribution in [2.24, 2.45) is 0 Å². The summed E-state index contributed by atoms with van der Waals surface area (Å²) in [4.78, 5) is 0. The minimum Gasteiger partial charge on any atom is -0.494 e. The molecule has 0 heterocycles. The summed E-state index contributed by atoms with van der Waals surface area (Å²) in [5.74, 6) is 0.914. The zero-order chi connectivity index (χ0) is 8.81. The van der Waals surface area contributed by atoms with Crippen molar-refractivity contribution in [3.8, 4) is 5.75 Å². The zero-order valence-electron chi connectivity index (χ0n) is 7.01. The van der Waals surface area contributed by atoms with Gasteiger partial charge in [-0.25, -0.2) is 0 Å². The SMILES string of the molecule is CCOc1ccc(NCBr)cc1. The lowest BCUT2D eigenvalue weighted by Gasteiger charge is -2.04. The van der Waals surface area contributed by atoms with Crippen LogP contribution in [0.5, 0.6) is 5.75 Å². The molecular formula is C9H12BrNO. The Kier molecular flexibility index (Phi) is 3.94. The molecule has 1 aromatic carbocycles. The molecule has 0 saturated heterocycles. The number of anilines is 1. The van der Waals surface area contributed by atoms with E-state index in [4.69, 9.17) is 4.74 Å². The highest BCUT2D eigenvalue weighted by Gasteiger charge is 1.91. The van der Waals surface area contributed by atoms with E-state index >= 15 is 0 Å². The topological polar surface area (TPSA) is 21.3 Å². The highest BCUT2D eigenvalue weighted by atomic mass is 79.9. The second-order valence-corrected chi connectivity index (χ2v) is 2.83. The third kappa shape index (κ3) is 2.74. The maximum atomic E-state index is 5.30. The maximum absolute atomic E-state index is 5.30. The van der Waals surface area contributed by atoms with E-state index in [9.17, 15) is 0 Å². The molecule has 0 bridgehead atoms. The fourth-order valence-corrected chi connectivity index (χ4v) is 1.24. The van der Waals surface area contributed by atoms with Crippen molar-refractivity contribution in [1.82, 2.24) is 0 Å². The van der Waals surface area contributed by atoms with Crippen LogP contribution in [0.3, 0.4) is 0 Å². The van der Waals surface area contributed by atoms with Crippen LogP contribution in [-0.2, 0) is 0 Å². The number of hydrogen-bond donors (Lipinski definition) is 1. The predicted molar refractivity (Wildman–Crippen MR) is 55.0 cm³/mol. The molecule has 0 unspecified atom stereocenters. The average molecular weight is 230 g/mol. The van der Waals surface area contributed by atoms with E-state index in [0.29, 0.717) is 6.61 Å². The van der Waals surface area contributed by atoms with E-state index in [1.807, 2.05) is 31.2 Å². The maximum Gasteiger partial charge on any atom is 0.119 e. The number of hydrogen-bond acceptors (Lipinski definition) is 2. The van der Waals surface area contributed by atoms with Crippen molar-refractivity contribution < 1.29 is 4.74 Å². The lowest BCUT2D eigenvalue weighted by molar-refractivity contribution is 0.340. The quantitative estimate of drug-likeness (QED) is 0.634. The van der Waals surface area contributed by atoms with Gasteiger partial charge in [0, 0.05) is 5.69 Å². The van der Waals surface area contributed by atoms with Crippen LogP contribution >= 0.6 is 15.9 Å². The smallest absolute Gasteiger partial charge is 0.119 e. The largest absolute Gasteiger partial charge is 0.494 e. The van der Waals surface area contributed by atoms with Crippen LogP contribution in [0.1, 0.15) is 6.92 Å². The van der Waals surface area contributed by atoms with Crippen LogP contribution in [0.25, 0.3) is 0 Å². The Hall–Kier alpha value is -0.700. The fourth-order valence-electron chi connectivity index (χ4n) is 0.913. The first-order valence-electron chi connectivity index (χ1n) is 3.89. The van der Waals surface area contributed by atoms with Gasteiger partial charge in [0.05, 0.1) is 12.1 Å². The summed E-state index contributed by atoms with van der Waals surface area (Å²) in [6.45, 7) is 2.69. The summed E-state index contributed by atoms with van der Waals surface area (Å²) in [5, 5.41) is 3.14. The second kappa shape index (κ2) is 5.04. The number of ether oxygens (including phenoxy) is 1. The molecule has 3 heteroatoms. The molecule has 1 rings (SSSR count). The first-order chi connectivity index (χ1) is 5.86. The Bertz CT molecular complexity index is 197. The summed E-state index contributed by atoms with van der Waals surface area (Å²) < 4.78 is 5.30. The molecule has 1 N–H and O–H groups in total. The highest BCUT2D eigenvalue weighted by Crippen LogP contribution is 2.15. The molecule has 2 nitrogen and oxygen atoms in total. The molecule has 66 valence electrons. The van der Waals surface area contributed by atoms with Gasteiger partial charge in [-0.2, -0.15) is 0 Å². The molecule has 0 aromatic heterocycles. The number of alkyl halides is 1. The van der Waals surface area contributed by atoms with E-state index in [-0.39, 0.29) is 0 Å². The first kappa shape index (κ1) is 9.39. The monoisotopic (exact) mass is 229 g/mol. The Morgan fingerprint density at radius 2 is 2.00 bits per heavy atom. The second-order valence-electron chi connectivity index (χ2n) is 2.27. The molecule has 0 saturated carbocycles. The zero-order valence-corrected chi connectivity index (χ0v) is 8.60. The molecule has 0 fully saturated rings. The Morgan fingerprint density at radius 3 is 2.50 bits per heavy atom. The van der Waals surface area contributed by atoms with E-state index in [1.54, 1.807) is 0 Å². The molecule has 0 aliphatic heterocycles. The summed E-state index contributed by atoms with van der Waals surface area (Å²) in [7, 11) is 0. The van der Waals surface area contributed by atoms with Crippen molar-refractivity contribution in [1.29, 1.82) is 0 Å². The van der Waals surface area contributed by atoms with Gasteiger partial charge in [0.2, 0.25) is 0 Å². The van der Waals surface area contributed by atoms with Crippen LogP contribution in [0.2, 0.25) is 0 Å². The van der Waals surface area contributed by atoms with Gasteiger partial charge in [-0.15, -0.1) is 0 Å². The summed E-state index contributed by atoms with van der Waals surface area (Å²) in [6.07, 6.45) is 0. The minimum absolute atomic E-state index is 0.714. The number of halogens is 1. The van der Waals surface area contributed by atoms with Gasteiger partial charge in [-0.1, -0.05) is 15.9 Å².